The first-order valence-corrected chi connectivity index (χ1v) is 9.98. The molecule has 0 aliphatic carbocycles. The Kier molecular flexibility index (Phi) is 5.45. The third-order valence-corrected chi connectivity index (χ3v) is 5.31. The number of para-hydroxylation sites is 1. The van der Waals surface area contributed by atoms with Crippen LogP contribution in [0.15, 0.2) is 48.5 Å². The van der Waals surface area contributed by atoms with Gasteiger partial charge in [0.05, 0.1) is 18.6 Å². The van der Waals surface area contributed by atoms with E-state index >= 15 is 0 Å². The molecule has 1 aromatic heterocycles. The molecule has 1 aliphatic heterocycles. The SMILES string of the molecule is Cc1ccc(CN2CCN(Cc3nc(N(C)C)c4ccccc4n3)CC2=O)cc1. The van der Waals surface area contributed by atoms with Crippen LogP contribution in [0.3, 0.4) is 0 Å². The third kappa shape index (κ3) is 4.38. The van der Waals surface area contributed by atoms with Crippen LogP contribution in [0.1, 0.15) is 17.0 Å². The van der Waals surface area contributed by atoms with Gasteiger partial charge >= 0.3 is 0 Å². The molecular weight excluding hydrogens is 362 g/mol. The fraction of sp³-hybridized carbons (Fsp3) is 0.348. The number of carbonyl (C=O) groups excluding carboxylic acids is 1. The van der Waals surface area contributed by atoms with E-state index in [0.717, 1.165) is 35.6 Å². The Labute approximate surface area is 171 Å². The summed E-state index contributed by atoms with van der Waals surface area (Å²) in [5.41, 5.74) is 3.34. The van der Waals surface area contributed by atoms with E-state index in [1.165, 1.54) is 11.1 Å². The largest absolute Gasteiger partial charge is 0.362 e. The van der Waals surface area contributed by atoms with Crippen molar-refractivity contribution in [1.82, 2.24) is 19.8 Å². The first-order chi connectivity index (χ1) is 14.0. The molecule has 3 aromatic rings. The van der Waals surface area contributed by atoms with Gasteiger partial charge in [0.25, 0.3) is 0 Å². The van der Waals surface area contributed by atoms with Crippen molar-refractivity contribution in [2.24, 2.45) is 0 Å². The summed E-state index contributed by atoms with van der Waals surface area (Å²) < 4.78 is 0. The zero-order valence-electron chi connectivity index (χ0n) is 17.3. The number of aryl methyl sites for hydroxylation is 1. The third-order valence-electron chi connectivity index (χ3n) is 5.31. The quantitative estimate of drug-likeness (QED) is 0.672. The zero-order chi connectivity index (χ0) is 20.4. The summed E-state index contributed by atoms with van der Waals surface area (Å²) >= 11 is 0. The van der Waals surface area contributed by atoms with Crippen molar-refractivity contribution in [2.75, 3.05) is 38.6 Å². The van der Waals surface area contributed by atoms with E-state index in [0.29, 0.717) is 19.6 Å². The Morgan fingerprint density at radius 1 is 0.966 bits per heavy atom. The number of hydrogen-bond donors (Lipinski definition) is 0. The summed E-state index contributed by atoms with van der Waals surface area (Å²) in [5, 5.41) is 1.04. The van der Waals surface area contributed by atoms with Crippen molar-refractivity contribution in [1.29, 1.82) is 0 Å². The molecule has 4 rings (SSSR count). The van der Waals surface area contributed by atoms with Crippen molar-refractivity contribution >= 4 is 22.6 Å². The Bertz CT molecular complexity index is 1020. The minimum absolute atomic E-state index is 0.158. The number of amides is 1. The van der Waals surface area contributed by atoms with E-state index < -0.39 is 0 Å². The number of carbonyl (C=O) groups is 1. The smallest absolute Gasteiger partial charge is 0.237 e. The van der Waals surface area contributed by atoms with Crippen LogP contribution in [-0.4, -0.2) is 59.4 Å². The first kappa shape index (κ1) is 19.3. The Balaban J connectivity index is 1.45. The highest BCUT2D eigenvalue weighted by atomic mass is 16.2. The fourth-order valence-corrected chi connectivity index (χ4v) is 3.69. The lowest BCUT2D eigenvalue weighted by atomic mass is 10.1. The molecule has 0 N–H and O–H groups in total. The van der Waals surface area contributed by atoms with E-state index in [2.05, 4.69) is 36.1 Å². The topological polar surface area (TPSA) is 52.6 Å². The highest BCUT2D eigenvalue weighted by Gasteiger charge is 2.25. The molecule has 0 saturated carbocycles. The van der Waals surface area contributed by atoms with Gasteiger partial charge in [0.15, 0.2) is 0 Å². The van der Waals surface area contributed by atoms with Crippen molar-refractivity contribution in [3.63, 3.8) is 0 Å². The summed E-state index contributed by atoms with van der Waals surface area (Å²) in [6, 6.07) is 16.4. The number of anilines is 1. The summed E-state index contributed by atoms with van der Waals surface area (Å²) in [5.74, 6) is 1.83. The summed E-state index contributed by atoms with van der Waals surface area (Å²) in [6.07, 6.45) is 0. The van der Waals surface area contributed by atoms with Crippen LogP contribution in [0.4, 0.5) is 5.82 Å². The van der Waals surface area contributed by atoms with Crippen molar-refractivity contribution in [3.8, 4) is 0 Å². The van der Waals surface area contributed by atoms with E-state index in [9.17, 15) is 4.79 Å². The second-order valence-corrected chi connectivity index (χ2v) is 7.89. The average Bonchev–Trinajstić information content (AvgIpc) is 2.71. The maximum Gasteiger partial charge on any atom is 0.237 e. The lowest BCUT2D eigenvalue weighted by Gasteiger charge is -2.34. The van der Waals surface area contributed by atoms with Crippen LogP contribution in [0, 0.1) is 6.92 Å². The molecule has 1 aliphatic rings. The van der Waals surface area contributed by atoms with Gasteiger partial charge in [0, 0.05) is 39.1 Å². The number of fused-ring (bicyclic) bond motifs is 1. The number of benzene rings is 2. The second-order valence-electron chi connectivity index (χ2n) is 7.89. The van der Waals surface area contributed by atoms with Crippen LogP contribution in [-0.2, 0) is 17.9 Å². The van der Waals surface area contributed by atoms with Gasteiger partial charge in [-0.25, -0.2) is 9.97 Å². The molecule has 2 heterocycles. The highest BCUT2D eigenvalue weighted by molar-refractivity contribution is 5.89. The molecule has 150 valence electrons. The lowest BCUT2D eigenvalue weighted by Crippen LogP contribution is -2.49. The molecule has 0 radical (unpaired) electrons. The minimum atomic E-state index is 0.158. The number of nitrogens with zero attached hydrogens (tertiary/aromatic N) is 5. The molecule has 29 heavy (non-hydrogen) atoms. The van der Waals surface area contributed by atoms with Gasteiger partial charge < -0.3 is 9.80 Å². The Hall–Kier alpha value is -2.99. The van der Waals surface area contributed by atoms with Crippen molar-refractivity contribution in [3.05, 3.63) is 65.5 Å². The number of hydrogen-bond acceptors (Lipinski definition) is 5. The molecule has 1 fully saturated rings. The normalized spacial score (nSPS) is 15.1. The van der Waals surface area contributed by atoms with E-state index in [1.54, 1.807) is 0 Å². The van der Waals surface area contributed by atoms with Crippen LogP contribution >= 0.6 is 0 Å². The van der Waals surface area contributed by atoms with Gasteiger partial charge in [-0.3, -0.25) is 9.69 Å². The molecule has 1 amide bonds. The second kappa shape index (κ2) is 8.17. The molecule has 6 heteroatoms. The van der Waals surface area contributed by atoms with Gasteiger partial charge in [0.1, 0.15) is 11.6 Å². The standard InChI is InChI=1S/C23H27N5O/c1-17-8-10-18(11-9-17)14-28-13-12-27(16-22(28)29)15-21-24-20-7-5-4-6-19(20)23(25-21)26(2)3/h4-11H,12-16H2,1-3H3. The van der Waals surface area contributed by atoms with Gasteiger partial charge in [-0.1, -0.05) is 42.0 Å². The Morgan fingerprint density at radius 2 is 1.72 bits per heavy atom. The van der Waals surface area contributed by atoms with E-state index in [1.807, 2.05) is 48.2 Å². The first-order valence-electron chi connectivity index (χ1n) is 9.98. The van der Waals surface area contributed by atoms with Crippen LogP contribution in [0.5, 0.6) is 0 Å². The fourth-order valence-electron chi connectivity index (χ4n) is 3.69. The van der Waals surface area contributed by atoms with Crippen LogP contribution in [0.25, 0.3) is 10.9 Å². The molecule has 0 spiro atoms. The highest BCUT2D eigenvalue weighted by Crippen LogP contribution is 2.23. The number of rotatable bonds is 5. The average molecular weight is 390 g/mol. The van der Waals surface area contributed by atoms with Gasteiger partial charge in [-0.15, -0.1) is 0 Å². The predicted molar refractivity (Wildman–Crippen MR) is 116 cm³/mol. The van der Waals surface area contributed by atoms with Crippen LogP contribution in [0.2, 0.25) is 0 Å². The Morgan fingerprint density at radius 3 is 2.45 bits per heavy atom. The van der Waals surface area contributed by atoms with Gasteiger partial charge in [-0.2, -0.15) is 0 Å². The summed E-state index contributed by atoms with van der Waals surface area (Å²) in [6.45, 7) is 5.27. The predicted octanol–water partition coefficient (Wildman–Crippen LogP) is 2.85. The lowest BCUT2D eigenvalue weighted by molar-refractivity contribution is -0.136. The molecule has 6 nitrogen and oxygen atoms in total. The van der Waals surface area contributed by atoms with Gasteiger partial charge in [0.2, 0.25) is 5.91 Å². The maximum atomic E-state index is 12.7. The van der Waals surface area contributed by atoms with Gasteiger partial charge in [-0.05, 0) is 24.6 Å². The summed E-state index contributed by atoms with van der Waals surface area (Å²) in [7, 11) is 3.98. The van der Waals surface area contributed by atoms with Crippen molar-refractivity contribution < 1.29 is 4.79 Å². The number of piperazine rings is 1. The van der Waals surface area contributed by atoms with E-state index in [-0.39, 0.29) is 5.91 Å². The van der Waals surface area contributed by atoms with Crippen LogP contribution < -0.4 is 4.90 Å². The monoisotopic (exact) mass is 389 g/mol. The van der Waals surface area contributed by atoms with E-state index in [4.69, 9.17) is 9.97 Å². The molecule has 0 atom stereocenters. The minimum Gasteiger partial charge on any atom is -0.362 e. The van der Waals surface area contributed by atoms with Crippen molar-refractivity contribution in [2.45, 2.75) is 20.0 Å². The zero-order valence-corrected chi connectivity index (χ0v) is 17.3. The summed E-state index contributed by atoms with van der Waals surface area (Å²) in [4.78, 5) is 28.3. The maximum absolute atomic E-state index is 12.7. The molecule has 0 bridgehead atoms. The molecular formula is C23H27N5O. The molecule has 1 saturated heterocycles. The molecule has 0 unspecified atom stereocenters. The molecule has 2 aromatic carbocycles. The number of aromatic nitrogens is 2.